The average molecular weight is 502 g/mol. The molecule has 10 heteroatoms. The smallest absolute Gasteiger partial charge is 0.339 e. The molecule has 0 unspecified atom stereocenters. The number of ether oxygens (including phenoxy) is 4. The summed E-state index contributed by atoms with van der Waals surface area (Å²) in [4.78, 5) is 40.7. The molecule has 0 saturated carbocycles. The molecule has 1 aromatic heterocycles. The lowest BCUT2D eigenvalue weighted by atomic mass is 10.0. The van der Waals surface area contributed by atoms with E-state index in [1.807, 2.05) is 0 Å². The molecule has 0 fully saturated rings. The first-order valence-corrected chi connectivity index (χ1v) is 11.0. The SMILES string of the molecule is COc1cc(-c2cc(C(=O)OCC(=O)c3cccc([N+](=O)[O-])c3)c3ccccc3n2)cc(OC)c1OC. The van der Waals surface area contributed by atoms with Crippen LogP contribution in [-0.4, -0.2) is 49.6 Å². The minimum absolute atomic E-state index is 0.0692. The Hall–Kier alpha value is -4.99. The van der Waals surface area contributed by atoms with Gasteiger partial charge in [-0.1, -0.05) is 30.3 Å². The summed E-state index contributed by atoms with van der Waals surface area (Å²) in [6.07, 6.45) is 0. The van der Waals surface area contributed by atoms with Crippen LogP contribution in [0.15, 0.2) is 66.7 Å². The number of ketones is 1. The second-order valence-electron chi connectivity index (χ2n) is 7.79. The Kier molecular flexibility index (Phi) is 7.28. The number of methoxy groups -OCH3 is 3. The lowest BCUT2D eigenvalue weighted by molar-refractivity contribution is -0.384. The molecule has 0 aliphatic heterocycles. The van der Waals surface area contributed by atoms with Gasteiger partial charge in [-0.25, -0.2) is 9.78 Å². The predicted octanol–water partition coefficient (Wildman–Crippen LogP) is 4.88. The fourth-order valence-corrected chi connectivity index (χ4v) is 3.81. The van der Waals surface area contributed by atoms with E-state index in [9.17, 15) is 19.7 Å². The molecule has 0 bridgehead atoms. The quantitative estimate of drug-likeness (QED) is 0.136. The van der Waals surface area contributed by atoms with Crippen molar-refractivity contribution in [2.24, 2.45) is 0 Å². The number of aromatic nitrogens is 1. The normalized spacial score (nSPS) is 10.6. The van der Waals surface area contributed by atoms with Gasteiger partial charge in [-0.2, -0.15) is 0 Å². The van der Waals surface area contributed by atoms with Crippen LogP contribution in [0.3, 0.4) is 0 Å². The molecule has 37 heavy (non-hydrogen) atoms. The molecule has 0 saturated heterocycles. The van der Waals surface area contributed by atoms with Crippen molar-refractivity contribution >= 4 is 28.3 Å². The number of fused-ring (bicyclic) bond motifs is 1. The molecule has 0 amide bonds. The maximum atomic E-state index is 13.1. The zero-order valence-electron chi connectivity index (χ0n) is 20.2. The number of hydrogen-bond acceptors (Lipinski definition) is 9. The molecule has 0 aliphatic rings. The number of carbonyl (C=O) groups excluding carboxylic acids is 2. The van der Waals surface area contributed by atoms with Gasteiger partial charge >= 0.3 is 5.97 Å². The number of nitrogens with zero attached hydrogens (tertiary/aromatic N) is 2. The standard InChI is InChI=1S/C27H22N2O8/c1-34-24-12-17(13-25(35-2)26(24)36-3)22-14-20(19-9-4-5-10-21(19)28-22)27(31)37-15-23(30)16-7-6-8-18(11-16)29(32)33/h4-14H,15H2,1-3H3. The first-order valence-electron chi connectivity index (χ1n) is 11.0. The highest BCUT2D eigenvalue weighted by Crippen LogP contribution is 2.41. The molecule has 4 rings (SSSR count). The average Bonchev–Trinajstić information content (AvgIpc) is 2.94. The number of rotatable bonds is 9. The third-order valence-corrected chi connectivity index (χ3v) is 5.61. The summed E-state index contributed by atoms with van der Waals surface area (Å²) in [5, 5.41) is 11.5. The summed E-state index contributed by atoms with van der Waals surface area (Å²) >= 11 is 0. The molecule has 188 valence electrons. The van der Waals surface area contributed by atoms with Crippen molar-refractivity contribution in [1.82, 2.24) is 4.98 Å². The maximum Gasteiger partial charge on any atom is 0.339 e. The molecule has 3 aromatic carbocycles. The highest BCUT2D eigenvalue weighted by atomic mass is 16.6. The zero-order chi connectivity index (χ0) is 26.5. The van der Waals surface area contributed by atoms with E-state index < -0.39 is 23.3 Å². The minimum atomic E-state index is -0.744. The third-order valence-electron chi connectivity index (χ3n) is 5.61. The summed E-state index contributed by atoms with van der Waals surface area (Å²) < 4.78 is 21.6. The Bertz CT molecular complexity index is 1490. The highest BCUT2D eigenvalue weighted by Gasteiger charge is 2.20. The highest BCUT2D eigenvalue weighted by molar-refractivity contribution is 6.06. The van der Waals surface area contributed by atoms with Crippen LogP contribution < -0.4 is 14.2 Å². The molecule has 1 heterocycles. The number of benzene rings is 3. The van der Waals surface area contributed by atoms with Crippen LogP contribution in [-0.2, 0) is 4.74 Å². The number of nitro groups is 1. The van der Waals surface area contributed by atoms with Gasteiger partial charge in [-0.05, 0) is 24.3 Å². The Labute approximate surface area is 211 Å². The summed E-state index contributed by atoms with van der Waals surface area (Å²) in [6, 6.07) is 17.2. The number of pyridine rings is 1. The number of esters is 1. The van der Waals surface area contributed by atoms with Gasteiger partial charge < -0.3 is 18.9 Å². The van der Waals surface area contributed by atoms with E-state index in [1.54, 1.807) is 42.5 Å². The van der Waals surface area contributed by atoms with Crippen LogP contribution in [0.5, 0.6) is 17.2 Å². The monoisotopic (exact) mass is 502 g/mol. The van der Waals surface area contributed by atoms with Gasteiger partial charge in [0.2, 0.25) is 11.5 Å². The second kappa shape index (κ2) is 10.7. The van der Waals surface area contributed by atoms with Crippen molar-refractivity contribution in [2.75, 3.05) is 27.9 Å². The largest absolute Gasteiger partial charge is 0.493 e. The van der Waals surface area contributed by atoms with Crippen LogP contribution in [0.1, 0.15) is 20.7 Å². The molecule has 0 spiro atoms. The van der Waals surface area contributed by atoms with Crippen molar-refractivity contribution in [3.05, 3.63) is 88.0 Å². The van der Waals surface area contributed by atoms with Gasteiger partial charge in [0, 0.05) is 28.6 Å². The fraction of sp³-hybridized carbons (Fsp3) is 0.148. The number of carbonyl (C=O) groups is 2. The Balaban J connectivity index is 1.69. The first kappa shape index (κ1) is 25.1. The number of non-ortho nitro benzene ring substituents is 1. The van der Waals surface area contributed by atoms with Crippen LogP contribution in [0.2, 0.25) is 0 Å². The Morgan fingerprint density at radius 1 is 0.892 bits per heavy atom. The van der Waals surface area contributed by atoms with Gasteiger partial charge in [0.05, 0.1) is 43.0 Å². The minimum Gasteiger partial charge on any atom is -0.493 e. The van der Waals surface area contributed by atoms with Crippen molar-refractivity contribution in [2.45, 2.75) is 0 Å². The molecule has 0 radical (unpaired) electrons. The summed E-state index contributed by atoms with van der Waals surface area (Å²) in [7, 11) is 4.49. The molecule has 0 aliphatic carbocycles. The lowest BCUT2D eigenvalue weighted by Gasteiger charge is -2.15. The molecular formula is C27H22N2O8. The summed E-state index contributed by atoms with van der Waals surface area (Å²) in [5.41, 5.74) is 1.61. The van der Waals surface area contributed by atoms with Crippen LogP contribution >= 0.6 is 0 Å². The zero-order valence-corrected chi connectivity index (χ0v) is 20.2. The lowest BCUT2D eigenvalue weighted by Crippen LogP contribution is -2.15. The maximum absolute atomic E-state index is 13.1. The van der Waals surface area contributed by atoms with Gasteiger partial charge in [-0.3, -0.25) is 14.9 Å². The van der Waals surface area contributed by atoms with E-state index in [1.165, 1.54) is 39.5 Å². The molecule has 4 aromatic rings. The van der Waals surface area contributed by atoms with Gasteiger partial charge in [0.25, 0.3) is 5.69 Å². The first-order chi connectivity index (χ1) is 17.9. The van der Waals surface area contributed by atoms with Crippen molar-refractivity contribution in [3.63, 3.8) is 0 Å². The Morgan fingerprint density at radius 2 is 1.59 bits per heavy atom. The number of Topliss-reactive ketones (excluding diaryl/α,β-unsaturated/α-hetero) is 1. The number of para-hydroxylation sites is 1. The molecule has 10 nitrogen and oxygen atoms in total. The number of nitro benzene ring substituents is 1. The van der Waals surface area contributed by atoms with E-state index in [0.717, 1.165) is 6.07 Å². The van der Waals surface area contributed by atoms with Crippen molar-refractivity contribution in [3.8, 4) is 28.5 Å². The fourth-order valence-electron chi connectivity index (χ4n) is 3.81. The van der Waals surface area contributed by atoms with Crippen molar-refractivity contribution in [1.29, 1.82) is 0 Å². The van der Waals surface area contributed by atoms with Crippen molar-refractivity contribution < 1.29 is 33.5 Å². The summed E-state index contributed by atoms with van der Waals surface area (Å²) in [6.45, 7) is -0.587. The van der Waals surface area contributed by atoms with Gasteiger partial charge in [-0.15, -0.1) is 0 Å². The van der Waals surface area contributed by atoms with E-state index >= 15 is 0 Å². The van der Waals surface area contributed by atoms with E-state index in [4.69, 9.17) is 18.9 Å². The topological polar surface area (TPSA) is 127 Å². The van der Waals surface area contributed by atoms with Crippen LogP contribution in [0.4, 0.5) is 5.69 Å². The van der Waals surface area contributed by atoms with Gasteiger partial charge in [0.15, 0.2) is 18.1 Å². The Morgan fingerprint density at radius 3 is 2.24 bits per heavy atom. The summed E-state index contributed by atoms with van der Waals surface area (Å²) in [5.74, 6) is -0.0721. The second-order valence-corrected chi connectivity index (χ2v) is 7.79. The molecular weight excluding hydrogens is 480 g/mol. The van der Waals surface area contributed by atoms with E-state index in [0.29, 0.717) is 39.4 Å². The van der Waals surface area contributed by atoms with E-state index in [2.05, 4.69) is 4.98 Å². The van der Waals surface area contributed by atoms with Crippen LogP contribution in [0.25, 0.3) is 22.2 Å². The molecule has 0 N–H and O–H groups in total. The molecule has 0 atom stereocenters. The predicted molar refractivity (Wildman–Crippen MR) is 135 cm³/mol. The third kappa shape index (κ3) is 5.18. The van der Waals surface area contributed by atoms with E-state index in [-0.39, 0.29) is 16.8 Å². The number of hydrogen-bond donors (Lipinski definition) is 0. The van der Waals surface area contributed by atoms with Crippen LogP contribution in [0, 0.1) is 10.1 Å². The van der Waals surface area contributed by atoms with Gasteiger partial charge in [0.1, 0.15) is 0 Å².